The standard InChI is InChI=1S/C15H27ClO/c1-4-14(2,3)17-13-11-12(16)15(13)9-7-5-6-8-10-15/h12-13H,4-11H2,1-3H3. The topological polar surface area (TPSA) is 9.23 Å². The van der Waals surface area contributed by atoms with E-state index in [1.807, 2.05) is 0 Å². The van der Waals surface area contributed by atoms with E-state index in [0.717, 1.165) is 12.8 Å². The Morgan fingerprint density at radius 2 is 1.76 bits per heavy atom. The molecule has 0 aromatic carbocycles. The van der Waals surface area contributed by atoms with Gasteiger partial charge in [0.05, 0.1) is 11.7 Å². The predicted molar refractivity (Wildman–Crippen MR) is 73.6 cm³/mol. The summed E-state index contributed by atoms with van der Waals surface area (Å²) in [6.07, 6.45) is 10.6. The number of alkyl halides is 1. The first-order chi connectivity index (χ1) is 8.00. The summed E-state index contributed by atoms with van der Waals surface area (Å²) in [6.45, 7) is 6.62. The van der Waals surface area contributed by atoms with Gasteiger partial charge >= 0.3 is 0 Å². The van der Waals surface area contributed by atoms with Crippen LogP contribution >= 0.6 is 11.6 Å². The van der Waals surface area contributed by atoms with Crippen molar-refractivity contribution in [3.8, 4) is 0 Å². The maximum absolute atomic E-state index is 6.54. The fraction of sp³-hybridized carbons (Fsp3) is 1.00. The molecular formula is C15H27ClO. The van der Waals surface area contributed by atoms with Crippen molar-refractivity contribution in [2.45, 2.75) is 89.2 Å². The molecule has 2 heteroatoms. The molecular weight excluding hydrogens is 232 g/mol. The Morgan fingerprint density at radius 1 is 1.18 bits per heavy atom. The second-order valence-corrected chi connectivity index (χ2v) is 7.10. The first-order valence-corrected chi connectivity index (χ1v) is 7.76. The Bertz CT molecular complexity index is 254. The molecule has 100 valence electrons. The van der Waals surface area contributed by atoms with Crippen molar-refractivity contribution in [2.75, 3.05) is 0 Å². The molecule has 0 amide bonds. The Kier molecular flexibility index (Phi) is 4.09. The van der Waals surface area contributed by atoms with Crippen LogP contribution in [0.4, 0.5) is 0 Å². The average Bonchev–Trinajstić information content (AvgIpc) is 2.56. The lowest BCUT2D eigenvalue weighted by molar-refractivity contribution is -0.178. The van der Waals surface area contributed by atoms with Crippen molar-refractivity contribution in [3.63, 3.8) is 0 Å². The van der Waals surface area contributed by atoms with Crippen LogP contribution in [0.15, 0.2) is 0 Å². The van der Waals surface area contributed by atoms with Crippen LogP contribution in [0.25, 0.3) is 0 Å². The number of hydrogen-bond donors (Lipinski definition) is 0. The lowest BCUT2D eigenvalue weighted by atomic mass is 9.61. The van der Waals surface area contributed by atoms with E-state index in [0.29, 0.717) is 16.9 Å². The highest BCUT2D eigenvalue weighted by Gasteiger charge is 2.55. The minimum atomic E-state index is 0.0149. The molecule has 17 heavy (non-hydrogen) atoms. The summed E-state index contributed by atoms with van der Waals surface area (Å²) >= 11 is 6.54. The monoisotopic (exact) mass is 258 g/mol. The van der Waals surface area contributed by atoms with Crippen LogP contribution in [0.1, 0.15) is 72.1 Å². The molecule has 2 unspecified atom stereocenters. The molecule has 1 spiro atoms. The van der Waals surface area contributed by atoms with Crippen LogP contribution < -0.4 is 0 Å². The average molecular weight is 259 g/mol. The first kappa shape index (κ1) is 13.7. The van der Waals surface area contributed by atoms with Crippen molar-refractivity contribution >= 4 is 11.6 Å². The molecule has 0 aliphatic heterocycles. The largest absolute Gasteiger partial charge is 0.372 e. The van der Waals surface area contributed by atoms with Gasteiger partial charge in [-0.3, -0.25) is 0 Å². The molecule has 2 rings (SSSR count). The van der Waals surface area contributed by atoms with Crippen LogP contribution in [0, 0.1) is 5.41 Å². The SMILES string of the molecule is CCC(C)(C)OC1CC(Cl)C12CCCCCC2. The van der Waals surface area contributed by atoms with E-state index in [1.54, 1.807) is 0 Å². The number of ether oxygens (including phenoxy) is 1. The fourth-order valence-electron chi connectivity index (χ4n) is 3.35. The Morgan fingerprint density at radius 3 is 2.24 bits per heavy atom. The Balaban J connectivity index is 2.03. The molecule has 0 radical (unpaired) electrons. The van der Waals surface area contributed by atoms with Crippen molar-refractivity contribution in [1.29, 1.82) is 0 Å². The van der Waals surface area contributed by atoms with E-state index in [4.69, 9.17) is 16.3 Å². The summed E-state index contributed by atoms with van der Waals surface area (Å²) in [5.74, 6) is 0. The van der Waals surface area contributed by atoms with Crippen LogP contribution in [0.2, 0.25) is 0 Å². The molecule has 0 bridgehead atoms. The zero-order valence-electron chi connectivity index (χ0n) is 11.6. The highest BCUT2D eigenvalue weighted by Crippen LogP contribution is 2.55. The minimum Gasteiger partial charge on any atom is -0.372 e. The summed E-state index contributed by atoms with van der Waals surface area (Å²) in [7, 11) is 0. The minimum absolute atomic E-state index is 0.0149. The molecule has 1 nitrogen and oxygen atoms in total. The quantitative estimate of drug-likeness (QED) is 0.654. The second kappa shape index (κ2) is 5.09. The summed E-state index contributed by atoms with van der Waals surface area (Å²) in [6, 6.07) is 0. The third kappa shape index (κ3) is 2.66. The van der Waals surface area contributed by atoms with Gasteiger partial charge < -0.3 is 4.74 Å². The van der Waals surface area contributed by atoms with E-state index >= 15 is 0 Å². The fourth-order valence-corrected chi connectivity index (χ4v) is 3.88. The molecule has 0 saturated heterocycles. The highest BCUT2D eigenvalue weighted by molar-refractivity contribution is 6.21. The molecule has 0 N–H and O–H groups in total. The van der Waals surface area contributed by atoms with Gasteiger partial charge in [0.1, 0.15) is 0 Å². The highest BCUT2D eigenvalue weighted by atomic mass is 35.5. The van der Waals surface area contributed by atoms with Crippen LogP contribution in [0.5, 0.6) is 0 Å². The number of rotatable bonds is 3. The van der Waals surface area contributed by atoms with Crippen molar-refractivity contribution in [3.05, 3.63) is 0 Å². The maximum atomic E-state index is 6.54. The van der Waals surface area contributed by atoms with Gasteiger partial charge in [0.2, 0.25) is 0 Å². The third-order valence-corrected chi connectivity index (χ3v) is 5.65. The normalized spacial score (nSPS) is 33.2. The van der Waals surface area contributed by atoms with Crippen LogP contribution in [-0.2, 0) is 4.74 Å². The smallest absolute Gasteiger partial charge is 0.0667 e. The van der Waals surface area contributed by atoms with E-state index in [1.165, 1.54) is 38.5 Å². The van der Waals surface area contributed by atoms with Gasteiger partial charge in [0.15, 0.2) is 0 Å². The zero-order chi connectivity index (χ0) is 12.5. The summed E-state index contributed by atoms with van der Waals surface area (Å²) < 4.78 is 6.36. The third-order valence-electron chi connectivity index (χ3n) is 5.03. The van der Waals surface area contributed by atoms with Gasteiger partial charge in [0.25, 0.3) is 0 Å². The Labute approximate surface area is 111 Å². The lowest BCUT2D eigenvalue weighted by Gasteiger charge is -2.55. The number of halogens is 1. The van der Waals surface area contributed by atoms with Gasteiger partial charge in [-0.1, -0.05) is 32.6 Å². The molecule has 2 atom stereocenters. The van der Waals surface area contributed by atoms with E-state index < -0.39 is 0 Å². The predicted octanol–water partition coefficient (Wildman–Crippen LogP) is 4.91. The van der Waals surface area contributed by atoms with E-state index in [2.05, 4.69) is 20.8 Å². The van der Waals surface area contributed by atoms with Gasteiger partial charge in [-0.15, -0.1) is 11.6 Å². The maximum Gasteiger partial charge on any atom is 0.0667 e. The summed E-state index contributed by atoms with van der Waals surface area (Å²) in [5.41, 5.74) is 0.325. The van der Waals surface area contributed by atoms with Gasteiger partial charge in [-0.2, -0.15) is 0 Å². The van der Waals surface area contributed by atoms with Crippen LogP contribution in [-0.4, -0.2) is 17.1 Å². The van der Waals surface area contributed by atoms with Crippen molar-refractivity contribution in [1.82, 2.24) is 0 Å². The van der Waals surface area contributed by atoms with Gasteiger partial charge in [0, 0.05) is 10.8 Å². The Hall–Kier alpha value is 0.250. The van der Waals surface area contributed by atoms with Gasteiger partial charge in [-0.05, 0) is 39.5 Å². The molecule has 2 fully saturated rings. The molecule has 0 aromatic rings. The lowest BCUT2D eigenvalue weighted by Crippen LogP contribution is -2.57. The molecule has 2 saturated carbocycles. The molecule has 0 aromatic heterocycles. The van der Waals surface area contributed by atoms with Gasteiger partial charge in [-0.25, -0.2) is 0 Å². The molecule has 2 aliphatic rings. The zero-order valence-corrected chi connectivity index (χ0v) is 12.4. The summed E-state index contributed by atoms with van der Waals surface area (Å²) in [5, 5.41) is 0.359. The van der Waals surface area contributed by atoms with E-state index in [-0.39, 0.29) is 5.60 Å². The van der Waals surface area contributed by atoms with Crippen molar-refractivity contribution < 1.29 is 4.74 Å². The second-order valence-electron chi connectivity index (χ2n) is 6.57. The van der Waals surface area contributed by atoms with Crippen molar-refractivity contribution in [2.24, 2.45) is 5.41 Å². The molecule has 2 aliphatic carbocycles. The molecule has 0 heterocycles. The summed E-state index contributed by atoms with van der Waals surface area (Å²) in [4.78, 5) is 0. The van der Waals surface area contributed by atoms with E-state index in [9.17, 15) is 0 Å². The first-order valence-electron chi connectivity index (χ1n) is 7.32. The van der Waals surface area contributed by atoms with Crippen LogP contribution in [0.3, 0.4) is 0 Å². The number of hydrogen-bond acceptors (Lipinski definition) is 1.